The van der Waals surface area contributed by atoms with Crippen LogP contribution in [-0.2, 0) is 18.9 Å². The minimum absolute atomic E-state index is 0.320. The molecule has 6 atom stereocenters. The molecule has 3 aliphatic rings. The first-order chi connectivity index (χ1) is 9.76. The molecular weight excluding hydrogens is 264 g/mol. The van der Waals surface area contributed by atoms with Gasteiger partial charge in [-0.25, -0.2) is 0 Å². The maximum absolute atomic E-state index is 10.2. The van der Waals surface area contributed by atoms with Gasteiger partial charge < -0.3 is 28.8 Å². The van der Waals surface area contributed by atoms with Crippen LogP contribution >= 0.6 is 0 Å². The number of benzene rings is 1. The van der Waals surface area contributed by atoms with Crippen LogP contribution in [0.3, 0.4) is 0 Å². The smallest absolute Gasteiger partial charge is 0.187 e. The summed E-state index contributed by atoms with van der Waals surface area (Å²) in [5.74, 6) is 0.773. The molecule has 3 aliphatic heterocycles. The number of ether oxygens (including phenoxy) is 5. The number of rotatable bonds is 2. The van der Waals surface area contributed by atoms with Crippen LogP contribution in [0.25, 0.3) is 0 Å². The monoisotopic (exact) mass is 280 g/mol. The van der Waals surface area contributed by atoms with Gasteiger partial charge in [0, 0.05) is 5.56 Å². The van der Waals surface area contributed by atoms with E-state index >= 15 is 0 Å². The third kappa shape index (κ3) is 1.84. The average Bonchev–Trinajstić information content (AvgIpc) is 3.11. The van der Waals surface area contributed by atoms with Crippen molar-refractivity contribution in [3.05, 3.63) is 29.8 Å². The van der Waals surface area contributed by atoms with Crippen molar-refractivity contribution in [2.24, 2.45) is 0 Å². The van der Waals surface area contributed by atoms with Gasteiger partial charge in [-0.15, -0.1) is 0 Å². The first-order valence-electron chi connectivity index (χ1n) is 6.66. The molecule has 108 valence electrons. The average molecular weight is 280 g/mol. The zero-order chi connectivity index (χ0) is 13.7. The Bertz CT molecular complexity index is 483. The van der Waals surface area contributed by atoms with Gasteiger partial charge in [-0.3, -0.25) is 0 Å². The number of fused-ring (bicyclic) bond motifs is 4. The van der Waals surface area contributed by atoms with Crippen LogP contribution in [0.15, 0.2) is 24.3 Å². The van der Waals surface area contributed by atoms with Gasteiger partial charge in [0.1, 0.15) is 30.2 Å². The molecule has 2 bridgehead atoms. The molecule has 1 N–H and O–H groups in total. The third-order valence-corrected chi connectivity index (χ3v) is 3.99. The lowest BCUT2D eigenvalue weighted by Gasteiger charge is -2.31. The molecule has 0 aliphatic carbocycles. The van der Waals surface area contributed by atoms with Gasteiger partial charge in [0.05, 0.1) is 13.7 Å². The van der Waals surface area contributed by atoms with E-state index in [2.05, 4.69) is 0 Å². The van der Waals surface area contributed by atoms with E-state index in [1.807, 2.05) is 24.3 Å². The molecule has 0 radical (unpaired) electrons. The SMILES string of the molecule is COc1ccc(C2O[C@@H]3[C@@H]4OC[C@@H](O4)[C@@H](O)[C@@H]3O2)cc1. The highest BCUT2D eigenvalue weighted by Gasteiger charge is 2.56. The Morgan fingerprint density at radius 3 is 2.60 bits per heavy atom. The number of aliphatic hydroxyl groups is 1. The quantitative estimate of drug-likeness (QED) is 0.855. The predicted molar refractivity (Wildman–Crippen MR) is 66.1 cm³/mol. The van der Waals surface area contributed by atoms with Gasteiger partial charge in [-0.2, -0.15) is 0 Å². The van der Waals surface area contributed by atoms with Crippen molar-refractivity contribution < 1.29 is 28.8 Å². The summed E-state index contributed by atoms with van der Waals surface area (Å²) in [5.41, 5.74) is 0.878. The summed E-state index contributed by atoms with van der Waals surface area (Å²) in [6.07, 6.45) is -2.81. The maximum Gasteiger partial charge on any atom is 0.187 e. The van der Waals surface area contributed by atoms with Gasteiger partial charge in [0.25, 0.3) is 0 Å². The first kappa shape index (κ1) is 12.6. The molecule has 6 nitrogen and oxygen atoms in total. The lowest BCUT2D eigenvalue weighted by Crippen LogP contribution is -2.52. The number of methoxy groups -OCH3 is 1. The molecule has 1 unspecified atom stereocenters. The third-order valence-electron chi connectivity index (χ3n) is 3.99. The van der Waals surface area contributed by atoms with E-state index in [0.717, 1.165) is 11.3 Å². The van der Waals surface area contributed by atoms with E-state index in [-0.39, 0.29) is 6.10 Å². The number of hydrogen-bond acceptors (Lipinski definition) is 6. The van der Waals surface area contributed by atoms with Crippen molar-refractivity contribution in [1.82, 2.24) is 0 Å². The molecule has 3 saturated heterocycles. The van der Waals surface area contributed by atoms with E-state index in [1.54, 1.807) is 7.11 Å². The molecule has 1 aromatic rings. The fourth-order valence-electron chi connectivity index (χ4n) is 2.89. The Kier molecular flexibility index (Phi) is 2.94. The molecule has 6 heteroatoms. The summed E-state index contributed by atoms with van der Waals surface area (Å²) in [7, 11) is 1.62. The van der Waals surface area contributed by atoms with Gasteiger partial charge in [0.15, 0.2) is 12.6 Å². The molecule has 0 aromatic heterocycles. The second kappa shape index (κ2) is 4.68. The summed E-state index contributed by atoms with van der Waals surface area (Å²) < 4.78 is 27.8. The summed E-state index contributed by atoms with van der Waals surface area (Å²) in [6.45, 7) is 0.388. The molecule has 0 spiro atoms. The fourth-order valence-corrected chi connectivity index (χ4v) is 2.89. The zero-order valence-electron chi connectivity index (χ0n) is 11.0. The molecular formula is C14H16O6. The number of aliphatic hydroxyl groups excluding tert-OH is 1. The van der Waals surface area contributed by atoms with Crippen LogP contribution in [-0.4, -0.2) is 49.5 Å². The van der Waals surface area contributed by atoms with Crippen molar-refractivity contribution in [3.8, 4) is 5.75 Å². The van der Waals surface area contributed by atoms with Crippen LogP contribution < -0.4 is 4.74 Å². The molecule has 0 saturated carbocycles. The molecule has 20 heavy (non-hydrogen) atoms. The van der Waals surface area contributed by atoms with Crippen molar-refractivity contribution in [1.29, 1.82) is 0 Å². The highest BCUT2D eigenvalue weighted by atomic mass is 16.8. The normalized spacial score (nSPS) is 42.5. The fraction of sp³-hybridized carbons (Fsp3) is 0.571. The van der Waals surface area contributed by atoms with Gasteiger partial charge in [-0.05, 0) is 12.1 Å². The number of hydrogen-bond donors (Lipinski definition) is 1. The summed E-state index contributed by atoms with van der Waals surface area (Å²) in [5, 5.41) is 10.2. The van der Waals surface area contributed by atoms with E-state index in [4.69, 9.17) is 23.7 Å². The second-order valence-electron chi connectivity index (χ2n) is 5.17. The summed E-state index contributed by atoms with van der Waals surface area (Å²) in [6, 6.07) is 7.46. The van der Waals surface area contributed by atoms with Crippen molar-refractivity contribution >= 4 is 0 Å². The second-order valence-corrected chi connectivity index (χ2v) is 5.17. The Balaban J connectivity index is 1.55. The van der Waals surface area contributed by atoms with Crippen LogP contribution in [0, 0.1) is 0 Å². The van der Waals surface area contributed by atoms with Crippen LogP contribution in [0.4, 0.5) is 0 Å². The summed E-state index contributed by atoms with van der Waals surface area (Å²) >= 11 is 0. The highest BCUT2D eigenvalue weighted by molar-refractivity contribution is 5.28. The highest BCUT2D eigenvalue weighted by Crippen LogP contribution is 2.41. The Morgan fingerprint density at radius 1 is 1.10 bits per heavy atom. The summed E-state index contributed by atoms with van der Waals surface area (Å²) in [4.78, 5) is 0. The molecule has 3 heterocycles. The van der Waals surface area contributed by atoms with Crippen molar-refractivity contribution in [2.45, 2.75) is 37.0 Å². The minimum atomic E-state index is -0.720. The topological polar surface area (TPSA) is 66.4 Å². The van der Waals surface area contributed by atoms with E-state index in [1.165, 1.54) is 0 Å². The van der Waals surface area contributed by atoms with Crippen LogP contribution in [0.1, 0.15) is 11.9 Å². The standard InChI is InChI=1S/C14H16O6/c1-16-8-4-2-7(3-5-8)13-19-11-10(15)9-6-17-14(18-9)12(11)20-13/h2-5,9-15H,6H2,1H3/t9-,10-,11+,12+,13?,14-/m1/s1. The Hall–Kier alpha value is -1.18. The lowest BCUT2D eigenvalue weighted by molar-refractivity contribution is -0.194. The first-order valence-corrected chi connectivity index (χ1v) is 6.66. The Labute approximate surface area is 116 Å². The van der Waals surface area contributed by atoms with Crippen molar-refractivity contribution in [2.75, 3.05) is 13.7 Å². The zero-order valence-corrected chi connectivity index (χ0v) is 11.0. The van der Waals surface area contributed by atoms with E-state index in [0.29, 0.717) is 6.61 Å². The lowest BCUT2D eigenvalue weighted by atomic mass is 10.0. The molecule has 1 aromatic carbocycles. The minimum Gasteiger partial charge on any atom is -0.497 e. The molecule has 0 amide bonds. The van der Waals surface area contributed by atoms with E-state index in [9.17, 15) is 5.11 Å². The predicted octanol–water partition coefficient (Wildman–Crippen LogP) is 0.594. The van der Waals surface area contributed by atoms with E-state index < -0.39 is 30.9 Å². The maximum atomic E-state index is 10.2. The molecule has 4 rings (SSSR count). The van der Waals surface area contributed by atoms with Gasteiger partial charge in [0.2, 0.25) is 0 Å². The van der Waals surface area contributed by atoms with Crippen LogP contribution in [0.2, 0.25) is 0 Å². The van der Waals surface area contributed by atoms with Crippen molar-refractivity contribution in [3.63, 3.8) is 0 Å². The molecule has 3 fully saturated rings. The van der Waals surface area contributed by atoms with Gasteiger partial charge >= 0.3 is 0 Å². The van der Waals surface area contributed by atoms with Crippen LogP contribution in [0.5, 0.6) is 5.75 Å². The largest absolute Gasteiger partial charge is 0.497 e. The Morgan fingerprint density at radius 2 is 1.85 bits per heavy atom. The van der Waals surface area contributed by atoms with Gasteiger partial charge in [-0.1, -0.05) is 12.1 Å².